The second-order valence-electron chi connectivity index (χ2n) is 3.39. The Morgan fingerprint density at radius 3 is 2.62 bits per heavy atom. The van der Waals surface area contributed by atoms with Crippen molar-refractivity contribution >= 4 is 5.97 Å². The highest BCUT2D eigenvalue weighted by Crippen LogP contribution is 2.04. The third-order valence-corrected chi connectivity index (χ3v) is 2.17. The zero-order valence-corrected chi connectivity index (χ0v) is 9.69. The van der Waals surface area contributed by atoms with Crippen LogP contribution in [-0.2, 0) is 16.0 Å². The van der Waals surface area contributed by atoms with Gasteiger partial charge in [0.25, 0.3) is 0 Å². The van der Waals surface area contributed by atoms with Gasteiger partial charge in [0.2, 0.25) is 0 Å². The Hall–Kier alpha value is -1.39. The lowest BCUT2D eigenvalue weighted by atomic mass is 10.1. The molecule has 0 aromatic heterocycles. The highest BCUT2D eigenvalue weighted by atomic mass is 16.5. The molecule has 1 atom stereocenters. The lowest BCUT2D eigenvalue weighted by molar-refractivity contribution is -0.145. The Labute approximate surface area is 96.0 Å². The first kappa shape index (κ1) is 12.7. The van der Waals surface area contributed by atoms with Gasteiger partial charge in [-0.3, -0.25) is 10.2 Å². The number of hydrogen-bond acceptors (Lipinski definition) is 4. The average Bonchev–Trinajstić information content (AvgIpc) is 2.30. The summed E-state index contributed by atoms with van der Waals surface area (Å²) in [6.45, 7) is 2.20. The van der Waals surface area contributed by atoms with E-state index >= 15 is 0 Å². The number of esters is 1. The number of nitrogens with one attached hydrogen (secondary N) is 2. The van der Waals surface area contributed by atoms with Gasteiger partial charge < -0.3 is 4.74 Å². The maximum Gasteiger partial charge on any atom is 0.324 e. The predicted octanol–water partition coefficient (Wildman–Crippen LogP) is 0.885. The molecule has 2 N–H and O–H groups in total. The van der Waals surface area contributed by atoms with E-state index in [-0.39, 0.29) is 12.0 Å². The highest BCUT2D eigenvalue weighted by molar-refractivity contribution is 5.76. The van der Waals surface area contributed by atoms with E-state index in [4.69, 9.17) is 4.74 Å². The molecule has 0 saturated heterocycles. The van der Waals surface area contributed by atoms with Gasteiger partial charge in [-0.15, -0.1) is 0 Å². The molecule has 0 radical (unpaired) electrons. The standard InChI is InChI=1S/C12H18N2O2/c1-3-16-12(15)11(14-13-2)9-10-7-5-4-6-8-10/h4-8,11,13-14H,3,9H2,1-2H3/t11-/m1/s1. The van der Waals surface area contributed by atoms with Gasteiger partial charge in [-0.1, -0.05) is 30.3 Å². The van der Waals surface area contributed by atoms with E-state index in [1.165, 1.54) is 0 Å². The van der Waals surface area contributed by atoms with Crippen molar-refractivity contribution in [3.05, 3.63) is 35.9 Å². The molecule has 0 aliphatic rings. The molecule has 0 aliphatic carbocycles. The zero-order chi connectivity index (χ0) is 11.8. The summed E-state index contributed by atoms with van der Waals surface area (Å²) in [5.74, 6) is -0.235. The van der Waals surface area contributed by atoms with Crippen LogP contribution >= 0.6 is 0 Å². The number of benzene rings is 1. The van der Waals surface area contributed by atoms with Crippen LogP contribution in [0, 0.1) is 0 Å². The Kier molecular flexibility index (Phi) is 5.53. The normalized spacial score (nSPS) is 12.1. The Bertz CT molecular complexity index is 314. The minimum atomic E-state index is -0.354. The van der Waals surface area contributed by atoms with Crippen LogP contribution in [-0.4, -0.2) is 25.7 Å². The van der Waals surface area contributed by atoms with E-state index in [1.54, 1.807) is 14.0 Å². The fourth-order valence-corrected chi connectivity index (χ4v) is 1.46. The predicted molar refractivity (Wildman–Crippen MR) is 62.8 cm³/mol. The summed E-state index contributed by atoms with van der Waals surface area (Å²) in [7, 11) is 1.73. The first-order valence-corrected chi connectivity index (χ1v) is 5.40. The number of rotatable bonds is 6. The number of ether oxygens (including phenoxy) is 1. The maximum atomic E-state index is 11.6. The van der Waals surface area contributed by atoms with E-state index in [0.717, 1.165) is 5.56 Å². The molecule has 0 amide bonds. The van der Waals surface area contributed by atoms with Gasteiger partial charge >= 0.3 is 5.97 Å². The van der Waals surface area contributed by atoms with Gasteiger partial charge in [0.1, 0.15) is 6.04 Å². The quantitative estimate of drug-likeness (QED) is 0.554. The molecule has 1 aromatic carbocycles. The van der Waals surface area contributed by atoms with Crippen LogP contribution in [0.15, 0.2) is 30.3 Å². The molecule has 4 nitrogen and oxygen atoms in total. The lowest BCUT2D eigenvalue weighted by Gasteiger charge is -2.16. The van der Waals surface area contributed by atoms with Crippen LogP contribution in [0.2, 0.25) is 0 Å². The molecule has 0 saturated carbocycles. The average molecular weight is 222 g/mol. The van der Waals surface area contributed by atoms with E-state index in [0.29, 0.717) is 13.0 Å². The van der Waals surface area contributed by atoms with Crippen molar-refractivity contribution in [3.8, 4) is 0 Å². The molecule has 88 valence electrons. The Morgan fingerprint density at radius 1 is 1.38 bits per heavy atom. The topological polar surface area (TPSA) is 50.4 Å². The van der Waals surface area contributed by atoms with Gasteiger partial charge in [0.15, 0.2) is 0 Å². The summed E-state index contributed by atoms with van der Waals surface area (Å²) in [4.78, 5) is 11.6. The van der Waals surface area contributed by atoms with E-state index in [9.17, 15) is 4.79 Å². The minimum Gasteiger partial charge on any atom is -0.465 e. The summed E-state index contributed by atoms with van der Waals surface area (Å²) in [6, 6.07) is 9.49. The molecular weight excluding hydrogens is 204 g/mol. The molecule has 0 aliphatic heterocycles. The summed E-state index contributed by atoms with van der Waals surface area (Å²) >= 11 is 0. The maximum absolute atomic E-state index is 11.6. The second-order valence-corrected chi connectivity index (χ2v) is 3.39. The summed E-state index contributed by atoms with van der Waals surface area (Å²) in [6.07, 6.45) is 0.612. The SMILES string of the molecule is CCOC(=O)[C@@H](Cc1ccccc1)NNC. The fraction of sp³-hybridized carbons (Fsp3) is 0.417. The monoisotopic (exact) mass is 222 g/mol. The van der Waals surface area contributed by atoms with Gasteiger partial charge in [0.05, 0.1) is 6.61 Å². The van der Waals surface area contributed by atoms with E-state index in [2.05, 4.69) is 10.9 Å². The molecule has 0 fully saturated rings. The summed E-state index contributed by atoms with van der Waals surface area (Å²) < 4.78 is 4.99. The largest absolute Gasteiger partial charge is 0.465 e. The van der Waals surface area contributed by atoms with Crippen LogP contribution in [0.5, 0.6) is 0 Å². The number of hydrogen-bond donors (Lipinski definition) is 2. The van der Waals surface area contributed by atoms with Crippen LogP contribution in [0.4, 0.5) is 0 Å². The second kappa shape index (κ2) is 6.98. The molecule has 1 aromatic rings. The van der Waals surface area contributed by atoms with Crippen LogP contribution in [0.1, 0.15) is 12.5 Å². The summed E-state index contributed by atoms with van der Waals surface area (Å²) in [5.41, 5.74) is 6.77. The zero-order valence-electron chi connectivity index (χ0n) is 9.69. The van der Waals surface area contributed by atoms with Crippen molar-refractivity contribution in [1.29, 1.82) is 0 Å². The minimum absolute atomic E-state index is 0.235. The van der Waals surface area contributed by atoms with Crippen molar-refractivity contribution in [3.63, 3.8) is 0 Å². The molecule has 0 unspecified atom stereocenters. The smallest absolute Gasteiger partial charge is 0.324 e. The molecule has 1 rings (SSSR count). The van der Waals surface area contributed by atoms with Crippen LogP contribution < -0.4 is 10.9 Å². The Morgan fingerprint density at radius 2 is 2.06 bits per heavy atom. The summed E-state index contributed by atoms with van der Waals surface area (Å²) in [5, 5.41) is 0. The van der Waals surface area contributed by atoms with Gasteiger partial charge in [-0.25, -0.2) is 5.43 Å². The van der Waals surface area contributed by atoms with Crippen molar-refractivity contribution < 1.29 is 9.53 Å². The molecular formula is C12H18N2O2. The van der Waals surface area contributed by atoms with Gasteiger partial charge in [-0.05, 0) is 26.0 Å². The molecule has 0 spiro atoms. The number of carbonyl (C=O) groups is 1. The van der Waals surface area contributed by atoms with Crippen LogP contribution in [0.25, 0.3) is 0 Å². The van der Waals surface area contributed by atoms with E-state index < -0.39 is 0 Å². The van der Waals surface area contributed by atoms with Crippen LogP contribution in [0.3, 0.4) is 0 Å². The molecule has 16 heavy (non-hydrogen) atoms. The number of carbonyl (C=O) groups excluding carboxylic acids is 1. The third-order valence-electron chi connectivity index (χ3n) is 2.17. The van der Waals surface area contributed by atoms with Crippen molar-refractivity contribution in [2.45, 2.75) is 19.4 Å². The lowest BCUT2D eigenvalue weighted by Crippen LogP contribution is -2.45. The Balaban J connectivity index is 2.60. The highest BCUT2D eigenvalue weighted by Gasteiger charge is 2.18. The van der Waals surface area contributed by atoms with E-state index in [1.807, 2.05) is 30.3 Å². The van der Waals surface area contributed by atoms with Crippen molar-refractivity contribution in [1.82, 2.24) is 10.9 Å². The molecule has 0 heterocycles. The first-order chi connectivity index (χ1) is 7.77. The third kappa shape index (κ3) is 4.00. The first-order valence-electron chi connectivity index (χ1n) is 5.40. The van der Waals surface area contributed by atoms with Crippen molar-refractivity contribution in [2.24, 2.45) is 0 Å². The van der Waals surface area contributed by atoms with Gasteiger partial charge in [-0.2, -0.15) is 0 Å². The van der Waals surface area contributed by atoms with Crippen molar-refractivity contribution in [2.75, 3.05) is 13.7 Å². The molecule has 0 bridgehead atoms. The number of hydrazine groups is 1. The fourth-order valence-electron chi connectivity index (χ4n) is 1.46. The van der Waals surface area contributed by atoms with Gasteiger partial charge in [0, 0.05) is 0 Å². The molecule has 4 heteroatoms.